The van der Waals surface area contributed by atoms with Crippen LogP contribution in [0.4, 0.5) is 11.8 Å². The van der Waals surface area contributed by atoms with Crippen molar-refractivity contribution < 1.29 is 9.53 Å². The molecule has 26 heavy (non-hydrogen) atoms. The molecule has 1 aliphatic heterocycles. The number of ether oxygens (including phenoxy) is 1. The highest BCUT2D eigenvalue weighted by Crippen LogP contribution is 2.16. The third kappa shape index (κ3) is 4.92. The molecule has 1 saturated heterocycles. The number of benzene rings is 1. The lowest BCUT2D eigenvalue weighted by Crippen LogP contribution is -2.37. The monoisotopic (exact) mass is 355 g/mol. The van der Waals surface area contributed by atoms with Crippen molar-refractivity contribution in [3.8, 4) is 0 Å². The first-order chi connectivity index (χ1) is 12.6. The van der Waals surface area contributed by atoms with Crippen LogP contribution in [0.5, 0.6) is 0 Å². The lowest BCUT2D eigenvalue weighted by atomic mass is 10.1. The lowest BCUT2D eigenvalue weighted by Gasteiger charge is -2.28. The van der Waals surface area contributed by atoms with E-state index in [2.05, 4.69) is 25.5 Å². The van der Waals surface area contributed by atoms with E-state index in [1.165, 1.54) is 0 Å². The zero-order chi connectivity index (χ0) is 18.4. The number of amides is 1. The summed E-state index contributed by atoms with van der Waals surface area (Å²) in [7, 11) is 0. The summed E-state index contributed by atoms with van der Waals surface area (Å²) in [4.78, 5) is 23.3. The van der Waals surface area contributed by atoms with Crippen LogP contribution >= 0.6 is 0 Å². The van der Waals surface area contributed by atoms with E-state index in [0.29, 0.717) is 24.6 Å². The Hall–Kier alpha value is -2.67. The minimum absolute atomic E-state index is 0.0778. The largest absolute Gasteiger partial charge is 0.378 e. The van der Waals surface area contributed by atoms with Gasteiger partial charge in [-0.1, -0.05) is 17.7 Å². The number of carbonyl (C=O) groups is 1. The summed E-state index contributed by atoms with van der Waals surface area (Å²) in [5.74, 6) is 1.41. The summed E-state index contributed by atoms with van der Waals surface area (Å²) in [6, 6.07) is 9.50. The van der Waals surface area contributed by atoms with Gasteiger partial charge in [0.1, 0.15) is 5.82 Å². The number of morpholine rings is 1. The molecule has 1 aromatic carbocycles. The van der Waals surface area contributed by atoms with Crippen molar-refractivity contribution in [2.75, 3.05) is 49.6 Å². The molecule has 138 valence electrons. The Kier molecular flexibility index (Phi) is 6.01. The number of nitrogens with one attached hydrogen (secondary N) is 2. The fourth-order valence-electron chi connectivity index (χ4n) is 2.74. The third-order valence-corrected chi connectivity index (χ3v) is 4.18. The molecule has 2 N–H and O–H groups in total. The smallest absolute Gasteiger partial charge is 0.251 e. The van der Waals surface area contributed by atoms with E-state index in [-0.39, 0.29) is 5.91 Å². The second-order valence-corrected chi connectivity index (χ2v) is 6.34. The van der Waals surface area contributed by atoms with Crippen LogP contribution in [0.15, 0.2) is 30.3 Å². The standard InChI is InChI=1S/C19H25N5O2/c1-14-3-5-16(6-4-14)18(25)20-7-8-21-19-22-15(2)13-17(23-19)24-9-11-26-12-10-24/h3-6,13H,7-12H2,1-2H3,(H,20,25)(H,21,22,23). The number of hydrogen-bond donors (Lipinski definition) is 2. The first kappa shape index (κ1) is 18.1. The molecule has 2 aromatic rings. The van der Waals surface area contributed by atoms with Gasteiger partial charge in [-0.2, -0.15) is 4.98 Å². The molecule has 0 unspecified atom stereocenters. The molecule has 2 heterocycles. The highest BCUT2D eigenvalue weighted by molar-refractivity contribution is 5.94. The summed E-state index contributed by atoms with van der Waals surface area (Å²) in [6.07, 6.45) is 0. The van der Waals surface area contributed by atoms with Crippen LogP contribution in [0.3, 0.4) is 0 Å². The Morgan fingerprint density at radius 3 is 2.58 bits per heavy atom. The fourth-order valence-corrected chi connectivity index (χ4v) is 2.74. The highest BCUT2D eigenvalue weighted by atomic mass is 16.5. The van der Waals surface area contributed by atoms with Crippen LogP contribution in [-0.2, 0) is 4.74 Å². The first-order valence-corrected chi connectivity index (χ1v) is 8.89. The number of nitrogens with zero attached hydrogens (tertiary/aromatic N) is 3. The van der Waals surface area contributed by atoms with Gasteiger partial charge >= 0.3 is 0 Å². The number of carbonyl (C=O) groups excluding carboxylic acids is 1. The number of anilines is 2. The van der Waals surface area contributed by atoms with Gasteiger partial charge in [0.05, 0.1) is 13.2 Å². The number of aryl methyl sites for hydroxylation is 2. The maximum atomic E-state index is 12.1. The zero-order valence-corrected chi connectivity index (χ0v) is 15.3. The van der Waals surface area contributed by atoms with E-state index in [1.54, 1.807) is 0 Å². The van der Waals surface area contributed by atoms with Crippen LogP contribution < -0.4 is 15.5 Å². The van der Waals surface area contributed by atoms with E-state index < -0.39 is 0 Å². The summed E-state index contributed by atoms with van der Waals surface area (Å²) in [5.41, 5.74) is 2.71. The van der Waals surface area contributed by atoms with Crippen molar-refractivity contribution in [3.05, 3.63) is 47.2 Å². The summed E-state index contributed by atoms with van der Waals surface area (Å²) in [5, 5.41) is 6.08. The molecule has 0 bridgehead atoms. The summed E-state index contributed by atoms with van der Waals surface area (Å²) >= 11 is 0. The average molecular weight is 355 g/mol. The quantitative estimate of drug-likeness (QED) is 0.769. The van der Waals surface area contributed by atoms with E-state index >= 15 is 0 Å². The van der Waals surface area contributed by atoms with Crippen LogP contribution in [0.1, 0.15) is 21.6 Å². The Balaban J connectivity index is 1.50. The Morgan fingerprint density at radius 1 is 1.12 bits per heavy atom. The molecule has 7 heteroatoms. The SMILES string of the molecule is Cc1ccc(C(=O)NCCNc2nc(C)cc(N3CCOCC3)n2)cc1. The van der Waals surface area contributed by atoms with Gasteiger partial charge in [-0.05, 0) is 26.0 Å². The molecule has 1 aromatic heterocycles. The van der Waals surface area contributed by atoms with Crippen molar-refractivity contribution in [3.63, 3.8) is 0 Å². The summed E-state index contributed by atoms with van der Waals surface area (Å²) in [6.45, 7) is 8.12. The summed E-state index contributed by atoms with van der Waals surface area (Å²) < 4.78 is 5.39. The van der Waals surface area contributed by atoms with Crippen molar-refractivity contribution in [2.45, 2.75) is 13.8 Å². The van der Waals surface area contributed by atoms with E-state index in [4.69, 9.17) is 4.74 Å². The van der Waals surface area contributed by atoms with Gasteiger partial charge in [-0.15, -0.1) is 0 Å². The van der Waals surface area contributed by atoms with Crippen LogP contribution in [0.2, 0.25) is 0 Å². The molecule has 0 radical (unpaired) electrons. The maximum absolute atomic E-state index is 12.1. The second kappa shape index (κ2) is 8.62. The fraction of sp³-hybridized carbons (Fsp3) is 0.421. The molecular formula is C19H25N5O2. The predicted molar refractivity (Wildman–Crippen MR) is 102 cm³/mol. The second-order valence-electron chi connectivity index (χ2n) is 6.34. The lowest BCUT2D eigenvalue weighted by molar-refractivity contribution is 0.0955. The Labute approximate surface area is 153 Å². The third-order valence-electron chi connectivity index (χ3n) is 4.18. The molecule has 1 fully saturated rings. The minimum atomic E-state index is -0.0778. The normalized spacial score (nSPS) is 14.2. The van der Waals surface area contributed by atoms with Crippen LogP contribution in [-0.4, -0.2) is 55.3 Å². The number of aromatic nitrogens is 2. The average Bonchev–Trinajstić information content (AvgIpc) is 2.66. The molecule has 1 amide bonds. The zero-order valence-electron chi connectivity index (χ0n) is 15.3. The van der Waals surface area contributed by atoms with Crippen LogP contribution in [0.25, 0.3) is 0 Å². The van der Waals surface area contributed by atoms with Gasteiger partial charge in [0, 0.05) is 43.5 Å². The van der Waals surface area contributed by atoms with E-state index in [1.807, 2.05) is 44.2 Å². The maximum Gasteiger partial charge on any atom is 0.251 e. The highest BCUT2D eigenvalue weighted by Gasteiger charge is 2.14. The molecule has 1 aliphatic rings. The van der Waals surface area contributed by atoms with Gasteiger partial charge in [-0.25, -0.2) is 4.98 Å². The molecule has 7 nitrogen and oxygen atoms in total. The van der Waals surface area contributed by atoms with Crippen molar-refractivity contribution in [1.82, 2.24) is 15.3 Å². The molecular weight excluding hydrogens is 330 g/mol. The van der Waals surface area contributed by atoms with E-state index in [0.717, 1.165) is 43.4 Å². The van der Waals surface area contributed by atoms with Gasteiger partial charge < -0.3 is 20.3 Å². The Morgan fingerprint density at radius 2 is 1.85 bits per heavy atom. The topological polar surface area (TPSA) is 79.4 Å². The predicted octanol–water partition coefficient (Wildman–Crippen LogP) is 1.77. The van der Waals surface area contributed by atoms with Crippen molar-refractivity contribution in [1.29, 1.82) is 0 Å². The van der Waals surface area contributed by atoms with Crippen molar-refractivity contribution in [2.24, 2.45) is 0 Å². The van der Waals surface area contributed by atoms with E-state index in [9.17, 15) is 4.79 Å². The molecule has 0 atom stereocenters. The van der Waals surface area contributed by atoms with Gasteiger partial charge in [0.2, 0.25) is 5.95 Å². The number of rotatable bonds is 6. The van der Waals surface area contributed by atoms with Gasteiger partial charge in [0.15, 0.2) is 0 Å². The van der Waals surface area contributed by atoms with Crippen LogP contribution in [0, 0.1) is 13.8 Å². The first-order valence-electron chi connectivity index (χ1n) is 8.89. The van der Waals surface area contributed by atoms with Crippen molar-refractivity contribution >= 4 is 17.7 Å². The molecule has 0 aliphatic carbocycles. The van der Waals surface area contributed by atoms with Gasteiger partial charge in [-0.3, -0.25) is 4.79 Å². The Bertz CT molecular complexity index is 742. The minimum Gasteiger partial charge on any atom is -0.378 e. The van der Waals surface area contributed by atoms with Gasteiger partial charge in [0.25, 0.3) is 5.91 Å². The molecule has 0 saturated carbocycles. The molecule has 0 spiro atoms. The molecule has 3 rings (SSSR count). The number of hydrogen-bond acceptors (Lipinski definition) is 6.